The molecule has 0 amide bonds. The molecule has 1 aromatic rings. The van der Waals surface area contributed by atoms with Crippen LogP contribution in [0.3, 0.4) is 0 Å². The van der Waals surface area contributed by atoms with Crippen molar-refractivity contribution in [2.24, 2.45) is 5.92 Å². The van der Waals surface area contributed by atoms with Crippen molar-refractivity contribution in [2.75, 3.05) is 11.9 Å². The number of hydrogen-bond acceptors (Lipinski definition) is 4. The summed E-state index contributed by atoms with van der Waals surface area (Å²) in [7, 11) is -3.34. The zero-order valence-corrected chi connectivity index (χ0v) is 16.0. The van der Waals surface area contributed by atoms with Crippen LogP contribution in [0, 0.1) is 5.92 Å². The van der Waals surface area contributed by atoms with Gasteiger partial charge in [-0.1, -0.05) is 0 Å². The van der Waals surface area contributed by atoms with Gasteiger partial charge in [-0.05, 0) is 64.5 Å². The number of aromatic nitrogens is 1. The highest BCUT2D eigenvalue weighted by molar-refractivity contribution is 7.90. The van der Waals surface area contributed by atoms with E-state index in [1.165, 1.54) is 6.07 Å². The largest absolute Gasteiger partial charge is 0.417 e. The number of anilines is 1. The molecule has 148 valence electrons. The Bertz CT molecular complexity index is 689. The number of rotatable bonds is 5. The van der Waals surface area contributed by atoms with Crippen LogP contribution >= 0.6 is 0 Å². The minimum absolute atomic E-state index is 0.134. The quantitative estimate of drug-likeness (QED) is 0.799. The van der Waals surface area contributed by atoms with Crippen LogP contribution in [0.25, 0.3) is 0 Å². The minimum Gasteiger partial charge on any atom is -0.367 e. The van der Waals surface area contributed by atoms with E-state index in [1.807, 2.05) is 0 Å². The third-order valence-corrected chi connectivity index (χ3v) is 6.82. The maximum Gasteiger partial charge on any atom is 0.417 e. The fourth-order valence-corrected chi connectivity index (χ4v) is 3.70. The van der Waals surface area contributed by atoms with Crippen LogP contribution < -0.4 is 10.0 Å². The predicted octanol–water partition coefficient (Wildman–Crippen LogP) is 3.79. The molecule has 1 fully saturated rings. The molecular formula is C17H26F3N3O2S. The summed E-state index contributed by atoms with van der Waals surface area (Å²) in [4.78, 5) is 3.83. The van der Waals surface area contributed by atoms with E-state index in [0.717, 1.165) is 37.9 Å². The van der Waals surface area contributed by atoms with E-state index in [9.17, 15) is 21.6 Å². The summed E-state index contributed by atoms with van der Waals surface area (Å²) in [6.45, 7) is 5.40. The molecular weight excluding hydrogens is 367 g/mol. The van der Waals surface area contributed by atoms with E-state index in [-0.39, 0.29) is 12.0 Å². The molecule has 2 N–H and O–H groups in total. The van der Waals surface area contributed by atoms with E-state index in [2.05, 4.69) is 15.0 Å². The number of halogens is 3. The van der Waals surface area contributed by atoms with Crippen LogP contribution in [0.4, 0.5) is 19.0 Å². The summed E-state index contributed by atoms with van der Waals surface area (Å²) in [5, 5.41) is 3.16. The first-order valence-corrected chi connectivity index (χ1v) is 10.2. The molecule has 26 heavy (non-hydrogen) atoms. The van der Waals surface area contributed by atoms with Crippen LogP contribution in [0.1, 0.15) is 52.0 Å². The van der Waals surface area contributed by atoms with Gasteiger partial charge in [-0.25, -0.2) is 18.1 Å². The maximum absolute atomic E-state index is 12.5. The second-order valence-corrected chi connectivity index (χ2v) is 10.3. The Hall–Kier alpha value is -1.35. The van der Waals surface area contributed by atoms with Gasteiger partial charge in [0, 0.05) is 18.8 Å². The van der Waals surface area contributed by atoms with Gasteiger partial charge in [0.1, 0.15) is 5.82 Å². The van der Waals surface area contributed by atoms with Crippen molar-refractivity contribution in [3.63, 3.8) is 0 Å². The minimum atomic E-state index is -4.38. The molecule has 0 bridgehead atoms. The van der Waals surface area contributed by atoms with Gasteiger partial charge in [0.2, 0.25) is 10.0 Å². The van der Waals surface area contributed by atoms with Gasteiger partial charge in [0.15, 0.2) is 0 Å². The highest BCUT2D eigenvalue weighted by Crippen LogP contribution is 2.30. The number of pyridine rings is 1. The normalized spacial score (nSPS) is 22.2. The van der Waals surface area contributed by atoms with E-state index >= 15 is 0 Å². The fraction of sp³-hybridized carbons (Fsp3) is 0.706. The van der Waals surface area contributed by atoms with Crippen LogP contribution in [0.15, 0.2) is 18.3 Å². The van der Waals surface area contributed by atoms with Crippen molar-refractivity contribution in [3.8, 4) is 0 Å². The first kappa shape index (κ1) is 21.0. The van der Waals surface area contributed by atoms with Gasteiger partial charge in [-0.15, -0.1) is 0 Å². The second kappa shape index (κ2) is 7.72. The van der Waals surface area contributed by atoms with E-state index < -0.39 is 26.5 Å². The standard InChI is InChI=1S/C17H26F3N3O2S/c1-16(2,3)26(24,25)22-10-12-4-7-14(8-5-12)23-15-9-6-13(11-21-15)17(18,19)20/h6,9,11-12,14,22H,4-5,7-8,10H2,1-3H3,(H,21,23). The van der Waals surface area contributed by atoms with Gasteiger partial charge in [0.25, 0.3) is 0 Å². The monoisotopic (exact) mass is 393 g/mol. The molecule has 9 heteroatoms. The van der Waals surface area contributed by atoms with Gasteiger partial charge < -0.3 is 5.32 Å². The highest BCUT2D eigenvalue weighted by atomic mass is 32.2. The average Bonchev–Trinajstić information content (AvgIpc) is 2.53. The lowest BCUT2D eigenvalue weighted by Crippen LogP contribution is -2.42. The molecule has 0 spiro atoms. The van der Waals surface area contributed by atoms with Crippen molar-refractivity contribution >= 4 is 15.8 Å². The number of alkyl halides is 3. The smallest absolute Gasteiger partial charge is 0.367 e. The van der Waals surface area contributed by atoms with Gasteiger partial charge in [0.05, 0.1) is 10.3 Å². The summed E-state index contributed by atoms with van der Waals surface area (Å²) in [6, 6.07) is 2.49. The molecule has 2 rings (SSSR count). The lowest BCUT2D eigenvalue weighted by Gasteiger charge is -2.30. The Kier molecular flexibility index (Phi) is 6.22. The van der Waals surface area contributed by atoms with Crippen molar-refractivity contribution in [3.05, 3.63) is 23.9 Å². The predicted molar refractivity (Wildman–Crippen MR) is 95.3 cm³/mol. The van der Waals surface area contributed by atoms with Crippen molar-refractivity contribution in [2.45, 2.75) is 63.4 Å². The summed E-state index contributed by atoms with van der Waals surface area (Å²) in [6.07, 6.45) is -0.204. The maximum atomic E-state index is 12.5. The third kappa shape index (κ3) is 5.57. The van der Waals surface area contributed by atoms with Crippen LogP contribution in [-0.4, -0.2) is 30.7 Å². The molecule has 0 radical (unpaired) electrons. The zero-order chi connectivity index (χ0) is 19.6. The average molecular weight is 393 g/mol. The SMILES string of the molecule is CC(C)(C)S(=O)(=O)NCC1CCC(Nc2ccc(C(F)(F)F)cn2)CC1. The third-order valence-electron chi connectivity index (χ3n) is 4.66. The Balaban J connectivity index is 1.80. The van der Waals surface area contributed by atoms with Crippen LogP contribution in [0.2, 0.25) is 0 Å². The molecule has 1 heterocycles. The molecule has 5 nitrogen and oxygen atoms in total. The Morgan fingerprint density at radius 2 is 1.73 bits per heavy atom. The summed E-state index contributed by atoms with van der Waals surface area (Å²) in [5.74, 6) is 0.695. The molecule has 0 unspecified atom stereocenters. The Morgan fingerprint density at radius 1 is 1.12 bits per heavy atom. The number of nitrogens with zero attached hydrogens (tertiary/aromatic N) is 1. The van der Waals surface area contributed by atoms with E-state index in [0.29, 0.717) is 12.4 Å². The van der Waals surface area contributed by atoms with Gasteiger partial charge in [-0.3, -0.25) is 0 Å². The molecule has 1 aliphatic rings. The first-order valence-electron chi connectivity index (χ1n) is 8.67. The molecule has 0 aromatic carbocycles. The van der Waals surface area contributed by atoms with E-state index in [4.69, 9.17) is 0 Å². The molecule has 0 saturated heterocycles. The molecule has 1 saturated carbocycles. The van der Waals surface area contributed by atoms with Crippen molar-refractivity contribution < 1.29 is 21.6 Å². The van der Waals surface area contributed by atoms with Gasteiger partial charge >= 0.3 is 6.18 Å². The van der Waals surface area contributed by atoms with Crippen molar-refractivity contribution in [1.82, 2.24) is 9.71 Å². The highest BCUT2D eigenvalue weighted by Gasteiger charge is 2.31. The van der Waals surface area contributed by atoms with Crippen molar-refractivity contribution in [1.29, 1.82) is 0 Å². The fourth-order valence-electron chi connectivity index (χ4n) is 2.81. The Labute approximate surface area is 152 Å². The number of sulfonamides is 1. The first-order chi connectivity index (χ1) is 11.9. The van der Waals surface area contributed by atoms with Crippen LogP contribution in [0.5, 0.6) is 0 Å². The van der Waals surface area contributed by atoms with E-state index in [1.54, 1.807) is 20.8 Å². The molecule has 0 aliphatic heterocycles. The lowest BCUT2D eigenvalue weighted by atomic mass is 9.86. The topological polar surface area (TPSA) is 71.1 Å². The van der Waals surface area contributed by atoms with Gasteiger partial charge in [-0.2, -0.15) is 13.2 Å². The second-order valence-electron chi connectivity index (χ2n) is 7.76. The lowest BCUT2D eigenvalue weighted by molar-refractivity contribution is -0.137. The Morgan fingerprint density at radius 3 is 2.19 bits per heavy atom. The summed E-state index contributed by atoms with van der Waals surface area (Å²) in [5.41, 5.74) is -0.766. The summed E-state index contributed by atoms with van der Waals surface area (Å²) >= 11 is 0. The summed E-state index contributed by atoms with van der Waals surface area (Å²) < 4.78 is 63.7. The zero-order valence-electron chi connectivity index (χ0n) is 15.2. The van der Waals surface area contributed by atoms with Crippen LogP contribution in [-0.2, 0) is 16.2 Å². The number of nitrogens with one attached hydrogen (secondary N) is 2. The molecule has 1 aliphatic carbocycles. The molecule has 1 aromatic heterocycles. The molecule has 0 atom stereocenters. The number of hydrogen-bond donors (Lipinski definition) is 2.